The number of urea groups is 1. The zero-order chi connectivity index (χ0) is 22.8. The van der Waals surface area contributed by atoms with Gasteiger partial charge >= 0.3 is 6.03 Å². The van der Waals surface area contributed by atoms with Crippen LogP contribution in [0.5, 0.6) is 17.2 Å². The minimum atomic E-state index is -0.399. The highest BCUT2D eigenvalue weighted by atomic mass is 16.5. The van der Waals surface area contributed by atoms with Crippen LogP contribution in [0.3, 0.4) is 0 Å². The van der Waals surface area contributed by atoms with Gasteiger partial charge in [0.25, 0.3) is 0 Å². The molecule has 0 radical (unpaired) electrons. The summed E-state index contributed by atoms with van der Waals surface area (Å²) in [5.74, 6) is 2.35. The highest BCUT2D eigenvalue weighted by molar-refractivity contribution is 5.91. The quantitative estimate of drug-likeness (QED) is 0.442. The molecular formula is C24H34N2O5. The average Bonchev–Trinajstić information content (AvgIpc) is 2.76. The van der Waals surface area contributed by atoms with Crippen LogP contribution < -0.4 is 24.8 Å². The number of hydrogen-bond acceptors (Lipinski definition) is 5. The molecule has 7 heteroatoms. The zero-order valence-corrected chi connectivity index (χ0v) is 19.0. The van der Waals surface area contributed by atoms with Crippen molar-refractivity contribution in [1.82, 2.24) is 5.32 Å². The monoisotopic (exact) mass is 430 g/mol. The molecule has 0 aliphatic carbocycles. The first-order chi connectivity index (χ1) is 14.9. The third-order valence-corrected chi connectivity index (χ3v) is 4.94. The van der Waals surface area contributed by atoms with Crippen LogP contribution in [0.15, 0.2) is 36.4 Å². The standard InChI is InChI=1S/C24H34N2O5/c1-16(2)9-8-12-31-23-14-20(18(15-27)13-22(23)30-5)26-24(28)25-17(3)19-10-6-7-11-21(19)29-4/h6-7,10-11,13-14,16-17,27H,8-9,12,15H2,1-5H3,(H2,25,26,28)/t17-/m0/s1. The molecule has 0 aliphatic heterocycles. The third-order valence-electron chi connectivity index (χ3n) is 4.94. The van der Waals surface area contributed by atoms with E-state index in [1.165, 1.54) is 0 Å². The van der Waals surface area contributed by atoms with Crippen LogP contribution in [0, 0.1) is 5.92 Å². The number of aliphatic hydroxyl groups excluding tert-OH is 1. The maximum absolute atomic E-state index is 12.6. The fourth-order valence-corrected chi connectivity index (χ4v) is 3.25. The van der Waals surface area contributed by atoms with Gasteiger partial charge < -0.3 is 30.0 Å². The lowest BCUT2D eigenvalue weighted by Gasteiger charge is -2.19. The molecule has 0 aliphatic rings. The molecule has 2 amide bonds. The Bertz CT molecular complexity index is 854. The first-order valence-electron chi connectivity index (χ1n) is 10.5. The van der Waals surface area contributed by atoms with Crippen molar-refractivity contribution < 1.29 is 24.1 Å². The van der Waals surface area contributed by atoms with E-state index in [-0.39, 0.29) is 12.6 Å². The Morgan fingerprint density at radius 1 is 1.03 bits per heavy atom. The molecule has 0 saturated heterocycles. The molecule has 3 N–H and O–H groups in total. The van der Waals surface area contributed by atoms with Gasteiger partial charge in [-0.3, -0.25) is 0 Å². The van der Waals surface area contributed by atoms with E-state index >= 15 is 0 Å². The van der Waals surface area contributed by atoms with E-state index in [0.29, 0.717) is 41.0 Å². The lowest BCUT2D eigenvalue weighted by molar-refractivity contribution is 0.249. The van der Waals surface area contributed by atoms with Crippen LogP contribution in [-0.2, 0) is 6.61 Å². The summed E-state index contributed by atoms with van der Waals surface area (Å²) in [4.78, 5) is 12.6. The van der Waals surface area contributed by atoms with Crippen LogP contribution in [0.1, 0.15) is 50.8 Å². The smallest absolute Gasteiger partial charge is 0.319 e. The Morgan fingerprint density at radius 2 is 1.74 bits per heavy atom. The topological polar surface area (TPSA) is 89.1 Å². The molecule has 2 aromatic carbocycles. The molecule has 0 fully saturated rings. The van der Waals surface area contributed by atoms with Crippen LogP contribution in [-0.4, -0.2) is 32.0 Å². The number of ether oxygens (including phenoxy) is 3. The first kappa shape index (κ1) is 24.3. The van der Waals surface area contributed by atoms with Crippen LogP contribution in [0.25, 0.3) is 0 Å². The Morgan fingerprint density at radius 3 is 2.39 bits per heavy atom. The van der Waals surface area contributed by atoms with Gasteiger partial charge in [0.05, 0.1) is 39.2 Å². The van der Waals surface area contributed by atoms with Crippen molar-refractivity contribution in [3.63, 3.8) is 0 Å². The fourth-order valence-electron chi connectivity index (χ4n) is 3.25. The van der Waals surface area contributed by atoms with Gasteiger partial charge in [-0.25, -0.2) is 4.79 Å². The Labute approximate surface area is 184 Å². The molecular weight excluding hydrogens is 396 g/mol. The van der Waals surface area contributed by atoms with E-state index in [4.69, 9.17) is 14.2 Å². The molecule has 31 heavy (non-hydrogen) atoms. The molecule has 0 aromatic heterocycles. The Hall–Kier alpha value is -2.93. The average molecular weight is 431 g/mol. The van der Waals surface area contributed by atoms with Crippen molar-refractivity contribution in [3.8, 4) is 17.2 Å². The molecule has 1 atom stereocenters. The number of aliphatic hydroxyl groups is 1. The Kier molecular flexibility index (Phi) is 9.46. The fraction of sp³-hybridized carbons (Fsp3) is 0.458. The van der Waals surface area contributed by atoms with E-state index in [1.807, 2.05) is 31.2 Å². The number of para-hydroxylation sites is 1. The minimum absolute atomic E-state index is 0.248. The second-order valence-electron chi connectivity index (χ2n) is 7.76. The summed E-state index contributed by atoms with van der Waals surface area (Å²) < 4.78 is 16.7. The maximum Gasteiger partial charge on any atom is 0.319 e. The van der Waals surface area contributed by atoms with Crippen LogP contribution in [0.2, 0.25) is 0 Å². The predicted molar refractivity (Wildman–Crippen MR) is 122 cm³/mol. The molecule has 7 nitrogen and oxygen atoms in total. The van der Waals surface area contributed by atoms with Crippen molar-refractivity contribution in [1.29, 1.82) is 0 Å². The molecule has 2 rings (SSSR count). The summed E-state index contributed by atoms with van der Waals surface area (Å²) in [6, 6.07) is 10.2. The number of hydrogen-bond donors (Lipinski definition) is 3. The SMILES string of the molecule is COc1cc(CO)c(NC(=O)N[C@@H](C)c2ccccc2OC)cc1OCCCC(C)C. The summed E-state index contributed by atoms with van der Waals surface area (Å²) in [5, 5.41) is 15.5. The number of carbonyl (C=O) groups is 1. The van der Waals surface area contributed by atoms with E-state index in [2.05, 4.69) is 24.5 Å². The number of amides is 2. The highest BCUT2D eigenvalue weighted by Gasteiger charge is 2.17. The molecule has 0 heterocycles. The largest absolute Gasteiger partial charge is 0.496 e. The van der Waals surface area contributed by atoms with Crippen molar-refractivity contribution in [2.24, 2.45) is 5.92 Å². The van der Waals surface area contributed by atoms with Crippen LogP contribution in [0.4, 0.5) is 10.5 Å². The van der Waals surface area contributed by atoms with Gasteiger partial charge in [0.1, 0.15) is 5.75 Å². The summed E-state index contributed by atoms with van der Waals surface area (Å²) >= 11 is 0. The summed E-state index contributed by atoms with van der Waals surface area (Å²) in [6.45, 7) is 6.51. The number of methoxy groups -OCH3 is 2. The van der Waals surface area contributed by atoms with Gasteiger partial charge in [-0.1, -0.05) is 32.0 Å². The summed E-state index contributed by atoms with van der Waals surface area (Å²) in [6.07, 6.45) is 1.98. The van der Waals surface area contributed by atoms with Gasteiger partial charge in [-0.05, 0) is 37.8 Å². The van der Waals surface area contributed by atoms with Crippen molar-refractivity contribution in [2.45, 2.75) is 46.3 Å². The number of anilines is 1. The molecule has 0 bridgehead atoms. The lowest BCUT2D eigenvalue weighted by Crippen LogP contribution is -2.31. The Balaban J connectivity index is 2.12. The first-order valence-corrected chi connectivity index (χ1v) is 10.5. The van der Waals surface area contributed by atoms with E-state index in [1.54, 1.807) is 26.4 Å². The molecule has 0 unspecified atom stereocenters. The number of rotatable bonds is 11. The number of nitrogens with one attached hydrogen (secondary N) is 2. The molecule has 170 valence electrons. The second kappa shape index (κ2) is 12.1. The molecule has 2 aromatic rings. The lowest BCUT2D eigenvalue weighted by atomic mass is 10.1. The second-order valence-corrected chi connectivity index (χ2v) is 7.76. The summed E-state index contributed by atoms with van der Waals surface area (Å²) in [7, 11) is 3.14. The van der Waals surface area contributed by atoms with Crippen molar-refractivity contribution >= 4 is 11.7 Å². The van der Waals surface area contributed by atoms with E-state index in [0.717, 1.165) is 18.4 Å². The summed E-state index contributed by atoms with van der Waals surface area (Å²) in [5.41, 5.74) is 1.87. The number of carbonyl (C=O) groups excluding carboxylic acids is 1. The molecule has 0 spiro atoms. The van der Waals surface area contributed by atoms with Crippen LogP contribution >= 0.6 is 0 Å². The van der Waals surface area contributed by atoms with Gasteiger partial charge in [0.15, 0.2) is 11.5 Å². The van der Waals surface area contributed by atoms with Gasteiger partial charge in [-0.2, -0.15) is 0 Å². The third kappa shape index (κ3) is 7.07. The highest BCUT2D eigenvalue weighted by Crippen LogP contribution is 2.34. The van der Waals surface area contributed by atoms with Gasteiger partial charge in [-0.15, -0.1) is 0 Å². The normalized spacial score (nSPS) is 11.7. The number of benzene rings is 2. The molecule has 0 saturated carbocycles. The minimum Gasteiger partial charge on any atom is -0.496 e. The predicted octanol–water partition coefficient (Wildman–Crippen LogP) is 4.89. The van der Waals surface area contributed by atoms with Gasteiger partial charge in [0, 0.05) is 17.2 Å². The van der Waals surface area contributed by atoms with E-state index < -0.39 is 6.03 Å². The van der Waals surface area contributed by atoms with Crippen molar-refractivity contribution in [2.75, 3.05) is 26.1 Å². The maximum atomic E-state index is 12.6. The van der Waals surface area contributed by atoms with Crippen molar-refractivity contribution in [3.05, 3.63) is 47.5 Å². The zero-order valence-electron chi connectivity index (χ0n) is 19.0. The van der Waals surface area contributed by atoms with E-state index in [9.17, 15) is 9.90 Å². The van der Waals surface area contributed by atoms with Gasteiger partial charge in [0.2, 0.25) is 0 Å².